The molecule has 3 amide bonds. The third-order valence-electron chi connectivity index (χ3n) is 8.36. The molecular weight excluding hydrogens is 658 g/mol. The summed E-state index contributed by atoms with van der Waals surface area (Å²) < 4.78 is 42.9. The van der Waals surface area contributed by atoms with E-state index in [0.29, 0.717) is 4.47 Å². The number of carbonyl (C=O) groups excluding carboxylic acids is 4. The molecule has 1 saturated heterocycles. The maximum atomic E-state index is 14.1. The van der Waals surface area contributed by atoms with Gasteiger partial charge in [0.05, 0.1) is 18.1 Å². The predicted molar refractivity (Wildman–Crippen MR) is 163 cm³/mol. The van der Waals surface area contributed by atoms with Crippen LogP contribution in [-0.2, 0) is 38.2 Å². The standard InChI is InChI=1S/C30H40BrN3O9S/c1-6-18-16-30(18,27(37)41-5)33-25(35)23-15-21(43-44(39,40)22-13-11-19(31)12-14-22)17-34(23)26(36)24(29(2,3)4)32-28(38)42-20-9-7-8-10-20/h6,11-14,18,20-21,23-24H,1,7-10,15-17H2,2-5H3,(H,32,38)(H,33,35)/t18-,21+,23+,24+,30-/m1/s1. The first-order valence-electron chi connectivity index (χ1n) is 14.6. The summed E-state index contributed by atoms with van der Waals surface area (Å²) in [5.74, 6) is -2.32. The Morgan fingerprint density at radius 2 is 1.75 bits per heavy atom. The highest BCUT2D eigenvalue weighted by Gasteiger charge is 2.62. The number of hydrogen-bond donors (Lipinski definition) is 2. The summed E-state index contributed by atoms with van der Waals surface area (Å²) in [6, 6.07) is 3.53. The summed E-state index contributed by atoms with van der Waals surface area (Å²) in [7, 11) is -3.05. The smallest absolute Gasteiger partial charge is 0.408 e. The molecule has 2 aliphatic carbocycles. The van der Waals surface area contributed by atoms with Crippen molar-refractivity contribution in [2.24, 2.45) is 11.3 Å². The molecule has 1 aromatic carbocycles. The third-order valence-corrected chi connectivity index (χ3v) is 10.3. The van der Waals surface area contributed by atoms with Crippen molar-refractivity contribution in [3.05, 3.63) is 41.4 Å². The van der Waals surface area contributed by atoms with Crippen LogP contribution in [0.2, 0.25) is 0 Å². The largest absolute Gasteiger partial charge is 0.467 e. The average Bonchev–Trinajstić information content (AvgIpc) is 3.24. The van der Waals surface area contributed by atoms with E-state index in [0.717, 1.165) is 25.7 Å². The van der Waals surface area contributed by atoms with E-state index in [9.17, 15) is 27.6 Å². The van der Waals surface area contributed by atoms with E-state index in [1.807, 2.05) is 0 Å². The Morgan fingerprint density at radius 3 is 2.30 bits per heavy atom. The second kappa shape index (κ2) is 13.2. The van der Waals surface area contributed by atoms with Gasteiger partial charge in [-0.05, 0) is 61.8 Å². The van der Waals surface area contributed by atoms with Crippen molar-refractivity contribution in [3.63, 3.8) is 0 Å². The first-order valence-corrected chi connectivity index (χ1v) is 16.8. The molecule has 242 valence electrons. The summed E-state index contributed by atoms with van der Waals surface area (Å²) >= 11 is 3.27. The number of alkyl carbamates (subject to hydrolysis) is 1. The Bertz CT molecular complexity index is 1390. The van der Waals surface area contributed by atoms with E-state index in [1.54, 1.807) is 39.0 Å². The van der Waals surface area contributed by atoms with Crippen LogP contribution in [0.3, 0.4) is 0 Å². The molecule has 2 N–H and O–H groups in total. The minimum Gasteiger partial charge on any atom is -0.467 e. The molecule has 1 aromatic rings. The van der Waals surface area contributed by atoms with Crippen LogP contribution in [0.4, 0.5) is 4.79 Å². The molecule has 0 spiro atoms. The van der Waals surface area contributed by atoms with Gasteiger partial charge in [0, 0.05) is 23.4 Å². The van der Waals surface area contributed by atoms with Gasteiger partial charge in [-0.2, -0.15) is 8.42 Å². The SMILES string of the molecule is C=C[C@@H]1C[C@]1(NC(=O)[C@@H]1C[C@H](OS(=O)(=O)c2ccc(Br)cc2)CN1C(=O)[C@H](NC(=O)OC1CCCC1)C(C)(C)C)C(=O)OC. The lowest BCUT2D eigenvalue weighted by Crippen LogP contribution is -2.59. The van der Waals surface area contributed by atoms with E-state index in [2.05, 4.69) is 33.1 Å². The highest BCUT2D eigenvalue weighted by atomic mass is 79.9. The third kappa shape index (κ3) is 7.45. The quantitative estimate of drug-likeness (QED) is 0.212. The number of rotatable bonds is 10. The van der Waals surface area contributed by atoms with Gasteiger partial charge in [-0.3, -0.25) is 13.8 Å². The Balaban J connectivity index is 1.60. The first-order chi connectivity index (χ1) is 20.6. The van der Waals surface area contributed by atoms with Crippen molar-refractivity contribution < 1.29 is 41.3 Å². The second-order valence-electron chi connectivity index (χ2n) is 12.6. The van der Waals surface area contributed by atoms with Crippen molar-refractivity contribution in [1.82, 2.24) is 15.5 Å². The summed E-state index contributed by atoms with van der Waals surface area (Å²) in [6.45, 7) is 8.74. The van der Waals surface area contributed by atoms with Crippen LogP contribution in [0, 0.1) is 11.3 Å². The molecule has 1 heterocycles. The van der Waals surface area contributed by atoms with Crippen LogP contribution in [0.15, 0.2) is 46.3 Å². The normalized spacial score (nSPS) is 26.0. The molecule has 2 saturated carbocycles. The van der Waals surface area contributed by atoms with Crippen LogP contribution in [0.1, 0.15) is 59.3 Å². The zero-order valence-electron chi connectivity index (χ0n) is 25.3. The maximum Gasteiger partial charge on any atom is 0.408 e. The van der Waals surface area contributed by atoms with Crippen molar-refractivity contribution in [2.45, 2.75) is 94.0 Å². The Labute approximate surface area is 266 Å². The molecule has 5 atom stereocenters. The Hall–Kier alpha value is -2.97. The predicted octanol–water partition coefficient (Wildman–Crippen LogP) is 3.44. The van der Waals surface area contributed by atoms with Gasteiger partial charge in [-0.15, -0.1) is 6.58 Å². The zero-order chi connectivity index (χ0) is 32.4. The zero-order valence-corrected chi connectivity index (χ0v) is 27.7. The summed E-state index contributed by atoms with van der Waals surface area (Å²) in [5.41, 5.74) is -2.15. The number of halogens is 1. The first kappa shape index (κ1) is 33.9. The molecule has 0 bridgehead atoms. The topological polar surface area (TPSA) is 157 Å². The lowest BCUT2D eigenvalue weighted by Gasteiger charge is -2.35. The van der Waals surface area contributed by atoms with E-state index < -0.39 is 63.1 Å². The highest BCUT2D eigenvalue weighted by Crippen LogP contribution is 2.45. The van der Waals surface area contributed by atoms with Crippen molar-refractivity contribution >= 4 is 49.9 Å². The molecule has 0 radical (unpaired) electrons. The van der Waals surface area contributed by atoms with Gasteiger partial charge in [0.2, 0.25) is 11.8 Å². The summed E-state index contributed by atoms with van der Waals surface area (Å²) in [5, 5.41) is 5.42. The summed E-state index contributed by atoms with van der Waals surface area (Å²) in [6.07, 6.45) is 2.97. The number of nitrogens with zero attached hydrogens (tertiary/aromatic N) is 1. The number of carbonyl (C=O) groups is 4. The van der Waals surface area contributed by atoms with Gasteiger partial charge in [0.25, 0.3) is 10.1 Å². The number of amides is 3. The Morgan fingerprint density at radius 1 is 1.11 bits per heavy atom. The monoisotopic (exact) mass is 697 g/mol. The number of likely N-dealkylation sites (tertiary alicyclic amines) is 1. The number of hydrogen-bond acceptors (Lipinski definition) is 9. The lowest BCUT2D eigenvalue weighted by atomic mass is 9.85. The number of ether oxygens (including phenoxy) is 2. The van der Waals surface area contributed by atoms with Crippen molar-refractivity contribution in [3.8, 4) is 0 Å². The molecule has 0 unspecified atom stereocenters. The summed E-state index contributed by atoms with van der Waals surface area (Å²) in [4.78, 5) is 54.5. The fourth-order valence-electron chi connectivity index (χ4n) is 5.81. The highest BCUT2D eigenvalue weighted by molar-refractivity contribution is 9.10. The van der Waals surface area contributed by atoms with Crippen molar-refractivity contribution in [1.29, 1.82) is 0 Å². The average molecular weight is 699 g/mol. The fraction of sp³-hybridized carbons (Fsp3) is 0.600. The number of esters is 1. The van der Waals surface area contributed by atoms with Crippen LogP contribution in [0.25, 0.3) is 0 Å². The molecule has 44 heavy (non-hydrogen) atoms. The Kier molecular flexibility index (Phi) is 10.2. The second-order valence-corrected chi connectivity index (χ2v) is 15.1. The van der Waals surface area contributed by atoms with E-state index in [4.69, 9.17) is 13.7 Å². The van der Waals surface area contributed by atoms with Crippen LogP contribution < -0.4 is 10.6 Å². The van der Waals surface area contributed by atoms with Gasteiger partial charge in [0.1, 0.15) is 23.7 Å². The van der Waals surface area contributed by atoms with Gasteiger partial charge >= 0.3 is 12.1 Å². The molecule has 12 nitrogen and oxygen atoms in total. The fourth-order valence-corrected chi connectivity index (χ4v) is 7.15. The molecule has 4 rings (SSSR count). The molecule has 3 fully saturated rings. The minimum atomic E-state index is -4.26. The molecular formula is C30H40BrN3O9S. The van der Waals surface area contributed by atoms with Crippen LogP contribution >= 0.6 is 15.9 Å². The lowest BCUT2D eigenvalue weighted by molar-refractivity contribution is -0.148. The number of benzene rings is 1. The number of methoxy groups -OCH3 is 1. The number of nitrogens with one attached hydrogen (secondary N) is 2. The minimum absolute atomic E-state index is 0.0909. The maximum absolute atomic E-state index is 14.1. The van der Waals surface area contributed by atoms with Crippen LogP contribution in [-0.4, -0.2) is 80.7 Å². The van der Waals surface area contributed by atoms with E-state index in [-0.39, 0.29) is 36.3 Å². The van der Waals surface area contributed by atoms with Gasteiger partial charge in [-0.25, -0.2) is 9.59 Å². The van der Waals surface area contributed by atoms with Gasteiger partial charge in [-0.1, -0.05) is 42.8 Å². The molecule has 14 heteroatoms. The van der Waals surface area contributed by atoms with Crippen LogP contribution in [0.5, 0.6) is 0 Å². The van der Waals surface area contributed by atoms with E-state index in [1.165, 1.54) is 24.1 Å². The van der Waals surface area contributed by atoms with Gasteiger partial charge < -0.3 is 25.0 Å². The molecule has 0 aromatic heterocycles. The molecule has 3 aliphatic rings. The van der Waals surface area contributed by atoms with Gasteiger partial charge in [0.15, 0.2) is 0 Å². The molecule has 1 aliphatic heterocycles. The van der Waals surface area contributed by atoms with E-state index >= 15 is 0 Å². The van der Waals surface area contributed by atoms with Crippen molar-refractivity contribution in [2.75, 3.05) is 13.7 Å².